The van der Waals surface area contributed by atoms with E-state index in [1.807, 2.05) is 30.3 Å². The van der Waals surface area contributed by atoms with Gasteiger partial charge in [-0.05, 0) is 30.3 Å². The molecule has 2 aromatic carbocycles. The lowest BCUT2D eigenvalue weighted by Gasteiger charge is -2.08. The van der Waals surface area contributed by atoms with Crippen molar-refractivity contribution in [3.63, 3.8) is 0 Å². The summed E-state index contributed by atoms with van der Waals surface area (Å²) in [7, 11) is 0. The van der Waals surface area contributed by atoms with Gasteiger partial charge in [0.25, 0.3) is 0 Å². The normalized spacial score (nSPS) is 13.2. The summed E-state index contributed by atoms with van der Waals surface area (Å²) >= 11 is 3.31. The van der Waals surface area contributed by atoms with Gasteiger partial charge in [-0.2, -0.15) is 0 Å². The van der Waals surface area contributed by atoms with Gasteiger partial charge in [-0.3, -0.25) is 4.79 Å². The van der Waals surface area contributed by atoms with E-state index < -0.39 is 5.91 Å². The van der Waals surface area contributed by atoms with Crippen LogP contribution in [0.25, 0.3) is 10.6 Å². The van der Waals surface area contributed by atoms with Crippen molar-refractivity contribution >= 4 is 29.0 Å². The molecule has 5 nitrogen and oxygen atoms in total. The van der Waals surface area contributed by atoms with Crippen LogP contribution in [0.5, 0.6) is 11.5 Å². The first-order valence-electron chi connectivity index (χ1n) is 8.56. The third kappa shape index (κ3) is 4.26. The Balaban J connectivity index is 1.42. The molecule has 138 valence electrons. The minimum atomic E-state index is -0.423. The maximum Gasteiger partial charge on any atom is 0.248 e. The Morgan fingerprint density at radius 2 is 1.89 bits per heavy atom. The molecule has 3 aromatic rings. The number of hydrogen-bond acceptors (Lipinski definition) is 6. The van der Waals surface area contributed by atoms with Gasteiger partial charge in [-0.1, -0.05) is 12.1 Å². The van der Waals surface area contributed by atoms with Gasteiger partial charge in [0, 0.05) is 33.6 Å². The number of rotatable bonds is 5. The highest BCUT2D eigenvalue weighted by Crippen LogP contribution is 2.35. The molecule has 0 saturated carbocycles. The molecule has 2 heterocycles. The predicted octanol–water partition coefficient (Wildman–Crippen LogP) is 4.36. The molecule has 0 bridgehead atoms. The van der Waals surface area contributed by atoms with Crippen LogP contribution >= 0.6 is 23.1 Å². The third-order valence-electron chi connectivity index (χ3n) is 4.07. The lowest BCUT2D eigenvalue weighted by molar-refractivity contribution is 0.100. The lowest BCUT2D eigenvalue weighted by atomic mass is 10.1. The highest BCUT2D eigenvalue weighted by atomic mass is 32.2. The Bertz CT molecular complexity index is 954. The molecule has 0 aliphatic carbocycles. The van der Waals surface area contributed by atoms with Gasteiger partial charge in [-0.25, -0.2) is 4.98 Å². The van der Waals surface area contributed by atoms with Gasteiger partial charge >= 0.3 is 0 Å². The van der Waals surface area contributed by atoms with Crippen LogP contribution in [0.3, 0.4) is 0 Å². The molecule has 0 unspecified atom stereocenters. The molecule has 27 heavy (non-hydrogen) atoms. The summed E-state index contributed by atoms with van der Waals surface area (Å²) < 4.78 is 11.4. The summed E-state index contributed by atoms with van der Waals surface area (Å²) in [4.78, 5) is 17.0. The Labute approximate surface area is 165 Å². The van der Waals surface area contributed by atoms with Crippen LogP contribution in [0, 0.1) is 0 Å². The standard InChI is InChI=1S/C20H18N2O3S2/c21-19(23)13-2-4-14(5-3-13)20-22-15(12-27-20)11-26-16-6-7-17-18(10-16)25-9-1-8-24-17/h2-7,10,12H,1,8-9,11H2,(H2,21,23). The topological polar surface area (TPSA) is 74.4 Å². The van der Waals surface area contributed by atoms with E-state index in [1.54, 1.807) is 35.2 Å². The molecule has 4 rings (SSSR count). The van der Waals surface area contributed by atoms with Gasteiger partial charge in [0.1, 0.15) is 5.01 Å². The zero-order valence-electron chi connectivity index (χ0n) is 14.5. The van der Waals surface area contributed by atoms with Crippen molar-refractivity contribution in [2.24, 2.45) is 5.73 Å². The van der Waals surface area contributed by atoms with E-state index >= 15 is 0 Å². The highest BCUT2D eigenvalue weighted by Gasteiger charge is 2.12. The monoisotopic (exact) mass is 398 g/mol. The molecule has 7 heteroatoms. The molecule has 0 spiro atoms. The Hall–Kier alpha value is -2.51. The number of carbonyl (C=O) groups is 1. The molecule has 2 N–H and O–H groups in total. The zero-order valence-corrected chi connectivity index (χ0v) is 16.1. The molecule has 0 atom stereocenters. The first kappa shape index (κ1) is 17.9. The summed E-state index contributed by atoms with van der Waals surface area (Å²) in [6, 6.07) is 13.3. The third-order valence-corrected chi connectivity index (χ3v) is 6.04. The molecule has 0 fully saturated rings. The fourth-order valence-electron chi connectivity index (χ4n) is 2.67. The van der Waals surface area contributed by atoms with E-state index in [0.29, 0.717) is 18.8 Å². The molecule has 1 aromatic heterocycles. The summed E-state index contributed by atoms with van der Waals surface area (Å²) in [5.41, 5.74) is 7.78. The Kier molecular flexibility index (Phi) is 5.31. The number of carbonyl (C=O) groups excluding carboxylic acids is 1. The number of nitrogens with zero attached hydrogens (tertiary/aromatic N) is 1. The Morgan fingerprint density at radius 3 is 2.67 bits per heavy atom. The molecule has 1 amide bonds. The van der Waals surface area contributed by atoms with E-state index in [9.17, 15) is 4.79 Å². The summed E-state index contributed by atoms with van der Waals surface area (Å²) in [5.74, 6) is 1.97. The molecule has 1 aliphatic heterocycles. The molecule has 0 radical (unpaired) electrons. The number of fused-ring (bicyclic) bond motifs is 1. The second-order valence-corrected chi connectivity index (χ2v) is 7.94. The Morgan fingerprint density at radius 1 is 1.11 bits per heavy atom. The van der Waals surface area contributed by atoms with E-state index in [1.165, 1.54) is 0 Å². The SMILES string of the molecule is NC(=O)c1ccc(-c2nc(CSc3ccc4c(c3)OCCCO4)cs2)cc1. The molecule has 0 saturated heterocycles. The fraction of sp³-hybridized carbons (Fsp3) is 0.200. The number of aromatic nitrogens is 1. The number of nitrogens with two attached hydrogens (primary N) is 1. The number of hydrogen-bond donors (Lipinski definition) is 1. The van der Waals surface area contributed by atoms with Crippen LogP contribution in [-0.4, -0.2) is 24.1 Å². The van der Waals surface area contributed by atoms with Crippen LogP contribution < -0.4 is 15.2 Å². The number of thiazole rings is 1. The van der Waals surface area contributed by atoms with Crippen LogP contribution in [0.1, 0.15) is 22.5 Å². The quantitative estimate of drug-likeness (QED) is 0.646. The highest BCUT2D eigenvalue weighted by molar-refractivity contribution is 7.98. The van der Waals surface area contributed by atoms with Crippen molar-refractivity contribution < 1.29 is 14.3 Å². The minimum absolute atomic E-state index is 0.423. The zero-order chi connectivity index (χ0) is 18.6. The van der Waals surface area contributed by atoms with E-state index in [0.717, 1.165) is 44.8 Å². The summed E-state index contributed by atoms with van der Waals surface area (Å²) in [6.07, 6.45) is 0.902. The largest absolute Gasteiger partial charge is 0.490 e. The van der Waals surface area contributed by atoms with Crippen molar-refractivity contribution in [1.82, 2.24) is 4.98 Å². The smallest absolute Gasteiger partial charge is 0.248 e. The van der Waals surface area contributed by atoms with Gasteiger partial charge in [0.2, 0.25) is 5.91 Å². The second kappa shape index (κ2) is 8.02. The van der Waals surface area contributed by atoms with Crippen molar-refractivity contribution in [2.75, 3.05) is 13.2 Å². The second-order valence-electron chi connectivity index (χ2n) is 6.03. The van der Waals surface area contributed by atoms with Gasteiger partial charge in [0.05, 0.1) is 18.9 Å². The van der Waals surface area contributed by atoms with Crippen molar-refractivity contribution in [2.45, 2.75) is 17.1 Å². The van der Waals surface area contributed by atoms with Crippen molar-refractivity contribution in [3.8, 4) is 22.1 Å². The number of ether oxygens (including phenoxy) is 2. The number of benzene rings is 2. The van der Waals surface area contributed by atoms with Gasteiger partial charge < -0.3 is 15.2 Å². The van der Waals surface area contributed by atoms with Crippen LogP contribution in [0.15, 0.2) is 52.7 Å². The van der Waals surface area contributed by atoms with Crippen LogP contribution in [0.4, 0.5) is 0 Å². The van der Waals surface area contributed by atoms with E-state index in [4.69, 9.17) is 20.2 Å². The predicted molar refractivity (Wildman–Crippen MR) is 108 cm³/mol. The maximum absolute atomic E-state index is 11.2. The molecule has 1 aliphatic rings. The van der Waals surface area contributed by atoms with Gasteiger partial charge in [-0.15, -0.1) is 23.1 Å². The summed E-state index contributed by atoms with van der Waals surface area (Å²) in [5, 5.41) is 2.99. The number of thioether (sulfide) groups is 1. The minimum Gasteiger partial charge on any atom is -0.490 e. The first-order valence-corrected chi connectivity index (χ1v) is 10.4. The molecular weight excluding hydrogens is 380 g/mol. The summed E-state index contributed by atoms with van der Waals surface area (Å²) in [6.45, 7) is 1.38. The van der Waals surface area contributed by atoms with Crippen LogP contribution in [-0.2, 0) is 5.75 Å². The van der Waals surface area contributed by atoms with Crippen molar-refractivity contribution in [1.29, 1.82) is 0 Å². The number of primary amides is 1. The van der Waals surface area contributed by atoms with E-state index in [-0.39, 0.29) is 0 Å². The first-order chi connectivity index (χ1) is 13.2. The average molecular weight is 399 g/mol. The molecular formula is C20H18N2O3S2. The number of amides is 1. The van der Waals surface area contributed by atoms with Crippen molar-refractivity contribution in [3.05, 3.63) is 59.1 Å². The lowest BCUT2D eigenvalue weighted by Crippen LogP contribution is -2.10. The van der Waals surface area contributed by atoms with Crippen LogP contribution in [0.2, 0.25) is 0 Å². The van der Waals surface area contributed by atoms with Gasteiger partial charge in [0.15, 0.2) is 11.5 Å². The van der Waals surface area contributed by atoms with E-state index in [2.05, 4.69) is 5.38 Å². The maximum atomic E-state index is 11.2. The average Bonchev–Trinajstić information content (AvgIpc) is 3.04. The fourth-order valence-corrected chi connectivity index (χ4v) is 4.42.